The van der Waals surface area contributed by atoms with E-state index in [2.05, 4.69) is 27.7 Å². The lowest BCUT2D eigenvalue weighted by Gasteiger charge is -2.27. The van der Waals surface area contributed by atoms with Gasteiger partial charge in [0.1, 0.15) is 0 Å². The lowest BCUT2D eigenvalue weighted by atomic mass is 9.93. The van der Waals surface area contributed by atoms with E-state index in [4.69, 9.17) is 16.2 Å². The van der Waals surface area contributed by atoms with E-state index >= 15 is 0 Å². The molecule has 0 amide bonds. The van der Waals surface area contributed by atoms with Crippen molar-refractivity contribution in [2.24, 2.45) is 22.3 Å². The highest BCUT2D eigenvalue weighted by atomic mass is 16.5. The van der Waals surface area contributed by atoms with Gasteiger partial charge in [-0.05, 0) is 13.1 Å². The highest BCUT2D eigenvalue weighted by Crippen LogP contribution is 2.17. The van der Waals surface area contributed by atoms with Gasteiger partial charge in [-0.2, -0.15) is 0 Å². The minimum atomic E-state index is 0.0741. The maximum atomic E-state index is 5.58. The van der Waals surface area contributed by atoms with E-state index in [0.717, 1.165) is 0 Å². The maximum Gasteiger partial charge on any atom is 0.0529 e. The topological polar surface area (TPSA) is 61.3 Å². The van der Waals surface area contributed by atoms with Crippen molar-refractivity contribution in [3.8, 4) is 0 Å². The zero-order valence-corrected chi connectivity index (χ0v) is 9.39. The fourth-order valence-corrected chi connectivity index (χ4v) is 0.721. The Morgan fingerprint density at radius 3 is 1.38 bits per heavy atom. The number of rotatable bonds is 6. The quantitative estimate of drug-likeness (QED) is 0.653. The molecule has 0 radical (unpaired) electrons. The number of hydrogen-bond acceptors (Lipinski definition) is 3. The van der Waals surface area contributed by atoms with Crippen LogP contribution in [-0.4, -0.2) is 26.3 Å². The van der Waals surface area contributed by atoms with Gasteiger partial charge in [-0.25, -0.2) is 0 Å². The third-order valence-corrected chi connectivity index (χ3v) is 2.09. The summed E-state index contributed by atoms with van der Waals surface area (Å²) < 4.78 is 5.58. The van der Waals surface area contributed by atoms with E-state index in [1.165, 1.54) is 0 Å². The Kier molecular flexibility index (Phi) is 4.89. The number of ether oxygens (including phenoxy) is 1. The Balaban J connectivity index is 3.68. The molecule has 0 spiro atoms. The van der Waals surface area contributed by atoms with Gasteiger partial charge < -0.3 is 16.2 Å². The summed E-state index contributed by atoms with van der Waals surface area (Å²) in [5, 5.41) is 0. The van der Waals surface area contributed by atoms with Crippen LogP contribution in [0, 0.1) is 10.8 Å². The fraction of sp³-hybridized carbons (Fsp3) is 1.00. The molecule has 3 heteroatoms. The third-order valence-electron chi connectivity index (χ3n) is 2.09. The summed E-state index contributed by atoms with van der Waals surface area (Å²) in [5.74, 6) is 0. The van der Waals surface area contributed by atoms with E-state index < -0.39 is 0 Å². The molecule has 0 aromatic heterocycles. The van der Waals surface area contributed by atoms with E-state index in [-0.39, 0.29) is 10.8 Å². The zero-order valence-electron chi connectivity index (χ0n) is 9.39. The molecule has 0 bridgehead atoms. The fourth-order valence-electron chi connectivity index (χ4n) is 0.721. The Labute approximate surface area is 81.8 Å². The molecule has 80 valence electrons. The molecule has 0 aliphatic heterocycles. The zero-order chi connectivity index (χ0) is 10.5. The largest absolute Gasteiger partial charge is 0.380 e. The van der Waals surface area contributed by atoms with Crippen LogP contribution in [0.4, 0.5) is 0 Å². The Morgan fingerprint density at radius 1 is 0.846 bits per heavy atom. The normalized spacial score (nSPS) is 13.4. The summed E-state index contributed by atoms with van der Waals surface area (Å²) in [6.07, 6.45) is 0. The van der Waals surface area contributed by atoms with Crippen LogP contribution in [0.15, 0.2) is 0 Å². The Hall–Kier alpha value is -0.120. The predicted octanol–water partition coefficient (Wildman–Crippen LogP) is 0.973. The average Bonchev–Trinajstić information content (AvgIpc) is 2.04. The SMILES string of the molecule is CC(C)(CN)COCC(C)(C)CN. The van der Waals surface area contributed by atoms with Gasteiger partial charge in [0, 0.05) is 10.8 Å². The lowest BCUT2D eigenvalue weighted by Crippen LogP contribution is -2.33. The first-order valence-corrected chi connectivity index (χ1v) is 4.81. The van der Waals surface area contributed by atoms with Crippen molar-refractivity contribution in [2.45, 2.75) is 27.7 Å². The van der Waals surface area contributed by atoms with Crippen LogP contribution in [0.25, 0.3) is 0 Å². The lowest BCUT2D eigenvalue weighted by molar-refractivity contribution is 0.0210. The number of hydrogen-bond donors (Lipinski definition) is 2. The average molecular weight is 188 g/mol. The molecular formula is C10H24N2O. The molecule has 0 aliphatic rings. The van der Waals surface area contributed by atoms with Crippen molar-refractivity contribution in [2.75, 3.05) is 26.3 Å². The first-order valence-electron chi connectivity index (χ1n) is 4.81. The molecule has 0 atom stereocenters. The molecule has 0 unspecified atom stereocenters. The molecule has 13 heavy (non-hydrogen) atoms. The van der Waals surface area contributed by atoms with Crippen molar-refractivity contribution < 1.29 is 4.74 Å². The van der Waals surface area contributed by atoms with Crippen LogP contribution < -0.4 is 11.5 Å². The van der Waals surface area contributed by atoms with Gasteiger partial charge in [-0.1, -0.05) is 27.7 Å². The summed E-state index contributed by atoms with van der Waals surface area (Å²) in [6, 6.07) is 0. The van der Waals surface area contributed by atoms with Crippen LogP contribution in [0.3, 0.4) is 0 Å². The monoisotopic (exact) mass is 188 g/mol. The van der Waals surface area contributed by atoms with E-state index in [1.54, 1.807) is 0 Å². The van der Waals surface area contributed by atoms with Crippen molar-refractivity contribution in [1.82, 2.24) is 0 Å². The van der Waals surface area contributed by atoms with Gasteiger partial charge in [-0.3, -0.25) is 0 Å². The van der Waals surface area contributed by atoms with Crippen LogP contribution in [0.1, 0.15) is 27.7 Å². The van der Waals surface area contributed by atoms with Gasteiger partial charge >= 0.3 is 0 Å². The van der Waals surface area contributed by atoms with Gasteiger partial charge in [-0.15, -0.1) is 0 Å². The molecule has 4 N–H and O–H groups in total. The first kappa shape index (κ1) is 12.9. The molecule has 0 aromatic rings. The van der Waals surface area contributed by atoms with E-state index in [0.29, 0.717) is 26.3 Å². The van der Waals surface area contributed by atoms with Crippen molar-refractivity contribution in [1.29, 1.82) is 0 Å². The molecule has 3 nitrogen and oxygen atoms in total. The van der Waals surface area contributed by atoms with E-state index in [9.17, 15) is 0 Å². The second-order valence-electron chi connectivity index (χ2n) is 5.23. The first-order chi connectivity index (χ1) is 5.83. The highest BCUT2D eigenvalue weighted by molar-refractivity contribution is 4.71. The minimum Gasteiger partial charge on any atom is -0.380 e. The van der Waals surface area contributed by atoms with Gasteiger partial charge in [0.25, 0.3) is 0 Å². The summed E-state index contributed by atoms with van der Waals surface area (Å²) in [5.41, 5.74) is 11.3. The maximum absolute atomic E-state index is 5.58. The molecule has 0 heterocycles. The predicted molar refractivity (Wildman–Crippen MR) is 56.5 cm³/mol. The van der Waals surface area contributed by atoms with Crippen molar-refractivity contribution in [3.63, 3.8) is 0 Å². The van der Waals surface area contributed by atoms with Gasteiger partial charge in [0.15, 0.2) is 0 Å². The minimum absolute atomic E-state index is 0.0741. The molecular weight excluding hydrogens is 164 g/mol. The van der Waals surface area contributed by atoms with Crippen LogP contribution in [0.5, 0.6) is 0 Å². The molecule has 0 saturated carbocycles. The smallest absolute Gasteiger partial charge is 0.0529 e. The summed E-state index contributed by atoms with van der Waals surface area (Å²) >= 11 is 0. The highest BCUT2D eigenvalue weighted by Gasteiger charge is 2.20. The van der Waals surface area contributed by atoms with E-state index in [1.807, 2.05) is 0 Å². The Morgan fingerprint density at radius 2 is 1.15 bits per heavy atom. The van der Waals surface area contributed by atoms with Crippen molar-refractivity contribution >= 4 is 0 Å². The molecule has 0 saturated heterocycles. The van der Waals surface area contributed by atoms with Crippen LogP contribution in [-0.2, 0) is 4.74 Å². The van der Waals surface area contributed by atoms with Crippen molar-refractivity contribution in [3.05, 3.63) is 0 Å². The summed E-state index contributed by atoms with van der Waals surface area (Å²) in [4.78, 5) is 0. The van der Waals surface area contributed by atoms with Gasteiger partial charge in [0.05, 0.1) is 13.2 Å². The second kappa shape index (κ2) is 4.94. The Bertz CT molecular complexity index is 128. The third kappa shape index (κ3) is 6.02. The van der Waals surface area contributed by atoms with Crippen LogP contribution >= 0.6 is 0 Å². The van der Waals surface area contributed by atoms with Gasteiger partial charge in [0.2, 0.25) is 0 Å². The van der Waals surface area contributed by atoms with Crippen LogP contribution in [0.2, 0.25) is 0 Å². The molecule has 0 aliphatic carbocycles. The second-order valence-corrected chi connectivity index (χ2v) is 5.23. The number of nitrogens with two attached hydrogens (primary N) is 2. The summed E-state index contributed by atoms with van der Waals surface area (Å²) in [7, 11) is 0. The molecule has 0 fully saturated rings. The standard InChI is InChI=1S/C10H24N2O/c1-9(2,5-11)7-13-8-10(3,4)6-12/h5-8,11-12H2,1-4H3. The summed E-state index contributed by atoms with van der Waals surface area (Å²) in [6.45, 7) is 11.1. The molecule has 0 rings (SSSR count). The molecule has 0 aromatic carbocycles.